The summed E-state index contributed by atoms with van der Waals surface area (Å²) in [6.45, 7) is 4.98. The van der Waals surface area contributed by atoms with Crippen LogP contribution in [-0.2, 0) is 4.74 Å². The molecule has 0 aliphatic rings. The quantitative estimate of drug-likeness (QED) is 0.511. The number of nitro groups is 1. The Balaban J connectivity index is 3.19. The molecule has 0 bridgehead atoms. The molecule has 1 N–H and O–H groups in total. The van der Waals surface area contributed by atoms with E-state index in [0.29, 0.717) is 0 Å². The van der Waals surface area contributed by atoms with Crippen LogP contribution in [0.4, 0.5) is 5.69 Å². The lowest BCUT2D eigenvalue weighted by atomic mass is 10.1. The van der Waals surface area contributed by atoms with E-state index in [9.17, 15) is 19.7 Å². The monoisotopic (exact) mass is 267 g/mol. The highest BCUT2D eigenvalue weighted by Gasteiger charge is 2.24. The van der Waals surface area contributed by atoms with Crippen LogP contribution < -0.4 is 0 Å². The third kappa shape index (κ3) is 3.77. The summed E-state index contributed by atoms with van der Waals surface area (Å²) in [7, 11) is 0. The first-order valence-corrected chi connectivity index (χ1v) is 5.37. The number of hydrogen-bond acceptors (Lipinski definition) is 5. The Morgan fingerprint density at radius 2 is 1.89 bits per heavy atom. The predicted octanol–water partition coefficient (Wildman–Crippen LogP) is 2.25. The first-order chi connectivity index (χ1) is 8.61. The normalized spacial score (nSPS) is 10.9. The van der Waals surface area contributed by atoms with Gasteiger partial charge in [0.2, 0.25) is 0 Å². The first-order valence-electron chi connectivity index (χ1n) is 5.37. The van der Waals surface area contributed by atoms with Gasteiger partial charge in [-0.1, -0.05) is 0 Å². The van der Waals surface area contributed by atoms with Gasteiger partial charge in [-0.2, -0.15) is 0 Å². The average molecular weight is 267 g/mol. The molecule has 1 aromatic rings. The average Bonchev–Trinajstić information content (AvgIpc) is 2.25. The summed E-state index contributed by atoms with van der Waals surface area (Å²) in [6.07, 6.45) is 0. The van der Waals surface area contributed by atoms with Gasteiger partial charge in [-0.25, -0.2) is 9.59 Å². The third-order valence-electron chi connectivity index (χ3n) is 2.06. The summed E-state index contributed by atoms with van der Waals surface area (Å²) in [4.78, 5) is 32.5. The number of nitro benzene ring substituents is 1. The van der Waals surface area contributed by atoms with Crippen LogP contribution in [0.25, 0.3) is 0 Å². The molecule has 102 valence electrons. The van der Waals surface area contributed by atoms with Crippen LogP contribution in [0, 0.1) is 10.1 Å². The molecule has 1 rings (SSSR count). The van der Waals surface area contributed by atoms with Gasteiger partial charge in [-0.3, -0.25) is 10.1 Å². The molecule has 0 aliphatic heterocycles. The number of ether oxygens (including phenoxy) is 1. The van der Waals surface area contributed by atoms with Crippen LogP contribution in [-0.4, -0.2) is 27.6 Å². The fraction of sp³-hybridized carbons (Fsp3) is 0.333. The molecule has 0 fully saturated rings. The Kier molecular flexibility index (Phi) is 3.89. The van der Waals surface area contributed by atoms with E-state index in [1.54, 1.807) is 20.8 Å². The maximum atomic E-state index is 11.7. The Morgan fingerprint density at radius 1 is 1.32 bits per heavy atom. The topological polar surface area (TPSA) is 107 Å². The summed E-state index contributed by atoms with van der Waals surface area (Å²) in [5, 5.41) is 19.6. The summed E-state index contributed by atoms with van der Waals surface area (Å²) < 4.78 is 5.06. The molecule has 0 aliphatic carbocycles. The van der Waals surface area contributed by atoms with Gasteiger partial charge < -0.3 is 9.84 Å². The Bertz CT molecular complexity index is 544. The fourth-order valence-corrected chi connectivity index (χ4v) is 1.33. The second-order valence-electron chi connectivity index (χ2n) is 4.80. The molecule has 0 unspecified atom stereocenters. The van der Waals surface area contributed by atoms with Crippen LogP contribution in [0.5, 0.6) is 0 Å². The summed E-state index contributed by atoms with van der Waals surface area (Å²) >= 11 is 0. The molecule has 7 nitrogen and oxygen atoms in total. The zero-order valence-corrected chi connectivity index (χ0v) is 10.7. The summed E-state index contributed by atoms with van der Waals surface area (Å²) in [5.41, 5.74) is -1.89. The molecule has 0 aromatic heterocycles. The van der Waals surface area contributed by atoms with Crippen molar-refractivity contribution in [3.63, 3.8) is 0 Å². The third-order valence-corrected chi connectivity index (χ3v) is 2.06. The van der Waals surface area contributed by atoms with Crippen LogP contribution >= 0.6 is 0 Å². The van der Waals surface area contributed by atoms with E-state index in [0.717, 1.165) is 12.1 Å². The van der Waals surface area contributed by atoms with Gasteiger partial charge in [0.25, 0.3) is 5.69 Å². The number of carboxylic acids is 1. The zero-order valence-electron chi connectivity index (χ0n) is 10.7. The van der Waals surface area contributed by atoms with Crippen molar-refractivity contribution in [2.75, 3.05) is 0 Å². The highest BCUT2D eigenvalue weighted by Crippen LogP contribution is 2.21. The molecule has 0 spiro atoms. The van der Waals surface area contributed by atoms with Crippen molar-refractivity contribution >= 4 is 17.6 Å². The van der Waals surface area contributed by atoms with E-state index in [1.807, 2.05) is 0 Å². The largest absolute Gasteiger partial charge is 0.477 e. The smallest absolute Gasteiger partial charge is 0.342 e. The molecule has 0 saturated carbocycles. The highest BCUT2D eigenvalue weighted by atomic mass is 16.6. The van der Waals surface area contributed by atoms with Crippen LogP contribution in [0.1, 0.15) is 41.5 Å². The molecule has 7 heteroatoms. The lowest BCUT2D eigenvalue weighted by molar-refractivity contribution is -0.385. The van der Waals surface area contributed by atoms with Gasteiger partial charge in [-0.05, 0) is 32.9 Å². The lowest BCUT2D eigenvalue weighted by Crippen LogP contribution is -2.24. The van der Waals surface area contributed by atoms with Gasteiger partial charge in [0.1, 0.15) is 11.2 Å². The van der Waals surface area contributed by atoms with Crippen molar-refractivity contribution in [3.05, 3.63) is 39.4 Å². The molecule has 19 heavy (non-hydrogen) atoms. The van der Waals surface area contributed by atoms with Crippen molar-refractivity contribution in [1.82, 2.24) is 0 Å². The minimum Gasteiger partial charge on any atom is -0.477 e. The Labute approximate surface area is 109 Å². The van der Waals surface area contributed by atoms with E-state index in [2.05, 4.69) is 0 Å². The highest BCUT2D eigenvalue weighted by molar-refractivity contribution is 5.97. The van der Waals surface area contributed by atoms with Gasteiger partial charge in [0.15, 0.2) is 0 Å². The maximum Gasteiger partial charge on any atom is 0.342 e. The van der Waals surface area contributed by atoms with Crippen LogP contribution in [0.2, 0.25) is 0 Å². The minimum absolute atomic E-state index is 0.0436. The number of carbonyl (C=O) groups is 2. The van der Waals surface area contributed by atoms with E-state index in [4.69, 9.17) is 9.84 Å². The Hall–Kier alpha value is -2.44. The van der Waals surface area contributed by atoms with Crippen molar-refractivity contribution < 1.29 is 24.4 Å². The number of carboxylic acid groups (broad SMARTS) is 1. The first kappa shape index (κ1) is 14.6. The lowest BCUT2D eigenvalue weighted by Gasteiger charge is -2.19. The predicted molar refractivity (Wildman–Crippen MR) is 65.2 cm³/mol. The van der Waals surface area contributed by atoms with E-state index in [-0.39, 0.29) is 5.56 Å². The number of esters is 1. The number of rotatable bonds is 3. The van der Waals surface area contributed by atoms with E-state index < -0.39 is 33.7 Å². The van der Waals surface area contributed by atoms with E-state index in [1.165, 1.54) is 6.07 Å². The number of hydrogen-bond donors (Lipinski definition) is 1. The second-order valence-corrected chi connectivity index (χ2v) is 4.80. The SMILES string of the molecule is CC(C)(C)OC(=O)c1ccc([N+](=O)[O-])c(C(=O)O)c1. The van der Waals surface area contributed by atoms with Crippen molar-refractivity contribution in [2.24, 2.45) is 0 Å². The van der Waals surface area contributed by atoms with Crippen molar-refractivity contribution in [3.8, 4) is 0 Å². The van der Waals surface area contributed by atoms with Gasteiger partial charge in [0, 0.05) is 6.07 Å². The number of aromatic carboxylic acids is 1. The van der Waals surface area contributed by atoms with Crippen LogP contribution in [0.3, 0.4) is 0 Å². The molecule has 0 radical (unpaired) electrons. The number of carbonyl (C=O) groups excluding carboxylic acids is 1. The van der Waals surface area contributed by atoms with Crippen LogP contribution in [0.15, 0.2) is 18.2 Å². The zero-order chi connectivity index (χ0) is 14.8. The molecule has 0 saturated heterocycles. The van der Waals surface area contributed by atoms with Gasteiger partial charge in [0.05, 0.1) is 10.5 Å². The van der Waals surface area contributed by atoms with Gasteiger partial charge >= 0.3 is 11.9 Å². The van der Waals surface area contributed by atoms with Crippen molar-refractivity contribution in [2.45, 2.75) is 26.4 Å². The van der Waals surface area contributed by atoms with Crippen molar-refractivity contribution in [1.29, 1.82) is 0 Å². The fourth-order valence-electron chi connectivity index (χ4n) is 1.33. The summed E-state index contributed by atoms with van der Waals surface area (Å²) in [6, 6.07) is 3.08. The molecule has 0 heterocycles. The molecular formula is C12H13NO6. The van der Waals surface area contributed by atoms with E-state index >= 15 is 0 Å². The standard InChI is InChI=1S/C12H13NO6/c1-12(2,3)19-11(16)7-4-5-9(13(17)18)8(6-7)10(14)15/h4-6H,1-3H3,(H,14,15). The second kappa shape index (κ2) is 5.05. The summed E-state index contributed by atoms with van der Waals surface area (Å²) in [5.74, 6) is -2.21. The minimum atomic E-state index is -1.47. The molecule has 0 amide bonds. The number of nitrogens with zero attached hydrogens (tertiary/aromatic N) is 1. The number of benzene rings is 1. The van der Waals surface area contributed by atoms with Gasteiger partial charge in [-0.15, -0.1) is 0 Å². The Morgan fingerprint density at radius 3 is 2.32 bits per heavy atom. The molecule has 0 atom stereocenters. The molecule has 1 aromatic carbocycles. The maximum absolute atomic E-state index is 11.7. The molecular weight excluding hydrogens is 254 g/mol.